The Balaban J connectivity index is 2.39. The summed E-state index contributed by atoms with van der Waals surface area (Å²) in [5.74, 6) is 0.767. The van der Waals surface area contributed by atoms with Gasteiger partial charge in [0.2, 0.25) is 0 Å². The molecule has 1 rings (SSSR count). The summed E-state index contributed by atoms with van der Waals surface area (Å²) in [6, 6.07) is 1.49. The maximum Gasteiger partial charge on any atom is 0.251 e. The lowest BCUT2D eigenvalue weighted by Gasteiger charge is -2.06. The van der Waals surface area contributed by atoms with Crippen LogP contribution in [-0.2, 0) is 0 Å². The first-order valence-electron chi connectivity index (χ1n) is 5.70. The number of hydrogen-bond donors (Lipinski definition) is 2. The molecule has 0 amide bonds. The lowest BCUT2D eigenvalue weighted by Crippen LogP contribution is -2.18. The fraction of sp³-hybridized carbons (Fsp3) is 0.500. The van der Waals surface area contributed by atoms with E-state index in [1.165, 1.54) is 17.8 Å². The van der Waals surface area contributed by atoms with E-state index in [1.807, 2.05) is 6.92 Å². The van der Waals surface area contributed by atoms with Crippen molar-refractivity contribution in [1.82, 2.24) is 15.3 Å². The Kier molecular flexibility index (Phi) is 6.00. The second-order valence-electron chi connectivity index (χ2n) is 3.91. The normalized spacial score (nSPS) is 10.5. The Morgan fingerprint density at radius 3 is 3.06 bits per heavy atom. The molecule has 4 nitrogen and oxygen atoms in total. The van der Waals surface area contributed by atoms with Crippen LogP contribution in [0.5, 0.6) is 0 Å². The zero-order valence-electron chi connectivity index (χ0n) is 10.4. The summed E-state index contributed by atoms with van der Waals surface area (Å²) in [7, 11) is 0. The summed E-state index contributed by atoms with van der Waals surface area (Å²) in [4.78, 5) is 18.2. The second kappa shape index (κ2) is 7.29. The van der Waals surface area contributed by atoms with Crippen molar-refractivity contribution in [2.75, 3.05) is 18.8 Å². The first kappa shape index (κ1) is 14.0. The van der Waals surface area contributed by atoms with Gasteiger partial charge in [-0.15, -0.1) is 0 Å². The van der Waals surface area contributed by atoms with Gasteiger partial charge in [0.25, 0.3) is 5.56 Å². The van der Waals surface area contributed by atoms with Crippen LogP contribution in [0, 0.1) is 6.92 Å². The molecule has 0 aliphatic rings. The molecule has 0 spiro atoms. The summed E-state index contributed by atoms with van der Waals surface area (Å²) in [5, 5.41) is 3.95. The zero-order valence-corrected chi connectivity index (χ0v) is 11.2. The third-order valence-electron chi connectivity index (χ3n) is 2.06. The summed E-state index contributed by atoms with van der Waals surface area (Å²) >= 11 is 1.51. The number of nitrogens with one attached hydrogen (secondary N) is 2. The number of aromatic amines is 1. The largest absolute Gasteiger partial charge is 0.313 e. The molecular weight excluding hydrogens is 234 g/mol. The van der Waals surface area contributed by atoms with Gasteiger partial charge in [0.05, 0.1) is 0 Å². The Morgan fingerprint density at radius 1 is 1.65 bits per heavy atom. The van der Waals surface area contributed by atoms with Gasteiger partial charge in [-0.1, -0.05) is 30.8 Å². The maximum absolute atomic E-state index is 11.2. The van der Waals surface area contributed by atoms with Crippen LogP contribution in [0.2, 0.25) is 0 Å². The van der Waals surface area contributed by atoms with Crippen molar-refractivity contribution >= 4 is 11.8 Å². The number of hydrogen-bond acceptors (Lipinski definition) is 4. The summed E-state index contributed by atoms with van der Waals surface area (Å²) in [5.41, 5.74) is 1.74. The van der Waals surface area contributed by atoms with E-state index in [1.54, 1.807) is 0 Å². The number of H-pyrrole nitrogens is 1. The minimum atomic E-state index is -0.102. The van der Waals surface area contributed by atoms with Crippen LogP contribution in [0.15, 0.2) is 28.2 Å². The highest BCUT2D eigenvalue weighted by Crippen LogP contribution is 2.13. The van der Waals surface area contributed by atoms with Crippen LogP contribution in [0.4, 0.5) is 0 Å². The second-order valence-corrected chi connectivity index (χ2v) is 4.87. The predicted octanol–water partition coefficient (Wildman–Crippen LogP) is 1.73. The van der Waals surface area contributed by atoms with Crippen molar-refractivity contribution < 1.29 is 0 Å². The molecular formula is C12H19N3OS. The molecule has 0 aliphatic carbocycles. The first-order chi connectivity index (χ1) is 8.11. The van der Waals surface area contributed by atoms with Crippen LogP contribution in [0.3, 0.4) is 0 Å². The van der Waals surface area contributed by atoms with E-state index in [9.17, 15) is 4.79 Å². The molecule has 5 heteroatoms. The zero-order chi connectivity index (χ0) is 12.7. The number of aromatic nitrogens is 2. The molecule has 0 aromatic carbocycles. The van der Waals surface area contributed by atoms with E-state index in [0.717, 1.165) is 36.5 Å². The van der Waals surface area contributed by atoms with Gasteiger partial charge in [0.15, 0.2) is 5.16 Å². The van der Waals surface area contributed by atoms with Crippen molar-refractivity contribution in [3.63, 3.8) is 0 Å². The van der Waals surface area contributed by atoms with Gasteiger partial charge in [0, 0.05) is 24.1 Å². The molecule has 0 fully saturated rings. The molecule has 0 saturated heterocycles. The molecule has 94 valence electrons. The summed E-state index contributed by atoms with van der Waals surface area (Å²) in [6.45, 7) is 9.75. The summed E-state index contributed by atoms with van der Waals surface area (Å²) in [6.07, 6.45) is 1.12. The quantitative estimate of drug-likeness (QED) is 0.336. The SMILES string of the molecule is C=C(CNCCC)CSc1nc(C)cc(=O)[nH]1. The van der Waals surface area contributed by atoms with Crippen LogP contribution in [0.1, 0.15) is 19.0 Å². The molecule has 17 heavy (non-hydrogen) atoms. The Morgan fingerprint density at radius 2 is 2.41 bits per heavy atom. The Hall–Kier alpha value is -1.07. The molecule has 0 saturated carbocycles. The summed E-state index contributed by atoms with van der Waals surface area (Å²) < 4.78 is 0. The highest BCUT2D eigenvalue weighted by atomic mass is 32.2. The van der Waals surface area contributed by atoms with Crippen molar-refractivity contribution in [1.29, 1.82) is 0 Å². The number of thioether (sulfide) groups is 1. The molecule has 1 aromatic heterocycles. The fourth-order valence-corrected chi connectivity index (χ4v) is 2.11. The average molecular weight is 253 g/mol. The van der Waals surface area contributed by atoms with Gasteiger partial charge in [-0.05, 0) is 19.9 Å². The molecule has 0 unspecified atom stereocenters. The van der Waals surface area contributed by atoms with Gasteiger partial charge in [-0.2, -0.15) is 0 Å². The highest BCUT2D eigenvalue weighted by Gasteiger charge is 2.01. The molecule has 1 heterocycles. The molecule has 0 bridgehead atoms. The number of aryl methyl sites for hydroxylation is 1. The van der Waals surface area contributed by atoms with Crippen LogP contribution < -0.4 is 10.9 Å². The molecule has 1 aromatic rings. The van der Waals surface area contributed by atoms with Crippen LogP contribution >= 0.6 is 11.8 Å². The van der Waals surface area contributed by atoms with Gasteiger partial charge in [-0.25, -0.2) is 4.98 Å². The van der Waals surface area contributed by atoms with E-state index in [4.69, 9.17) is 0 Å². The predicted molar refractivity (Wildman–Crippen MR) is 72.6 cm³/mol. The fourth-order valence-electron chi connectivity index (χ4n) is 1.28. The molecule has 2 N–H and O–H groups in total. The smallest absolute Gasteiger partial charge is 0.251 e. The first-order valence-corrected chi connectivity index (χ1v) is 6.68. The minimum absolute atomic E-state index is 0.102. The molecule has 0 radical (unpaired) electrons. The molecule has 0 atom stereocenters. The van der Waals surface area contributed by atoms with Crippen molar-refractivity contribution in [2.24, 2.45) is 0 Å². The number of rotatable bonds is 7. The lowest BCUT2D eigenvalue weighted by atomic mass is 10.3. The maximum atomic E-state index is 11.2. The standard InChI is InChI=1S/C12H19N3OS/c1-4-5-13-7-9(2)8-17-12-14-10(3)6-11(16)15-12/h6,13H,2,4-5,7-8H2,1,3H3,(H,14,15,16). The van der Waals surface area contributed by atoms with Crippen LogP contribution in [0.25, 0.3) is 0 Å². The highest BCUT2D eigenvalue weighted by molar-refractivity contribution is 7.99. The monoisotopic (exact) mass is 253 g/mol. The van der Waals surface area contributed by atoms with E-state index >= 15 is 0 Å². The topological polar surface area (TPSA) is 57.8 Å². The van der Waals surface area contributed by atoms with E-state index in [0.29, 0.717) is 5.16 Å². The van der Waals surface area contributed by atoms with E-state index in [2.05, 4.69) is 28.8 Å². The molecule has 0 aliphatic heterocycles. The average Bonchev–Trinajstić information content (AvgIpc) is 2.25. The van der Waals surface area contributed by atoms with Crippen molar-refractivity contribution in [3.8, 4) is 0 Å². The van der Waals surface area contributed by atoms with Gasteiger partial charge in [0.1, 0.15) is 0 Å². The minimum Gasteiger partial charge on any atom is -0.313 e. The number of nitrogens with zero attached hydrogens (tertiary/aromatic N) is 1. The van der Waals surface area contributed by atoms with Crippen molar-refractivity contribution in [2.45, 2.75) is 25.4 Å². The third kappa shape index (κ3) is 5.70. The van der Waals surface area contributed by atoms with Crippen molar-refractivity contribution in [3.05, 3.63) is 34.3 Å². The van der Waals surface area contributed by atoms with Gasteiger partial charge < -0.3 is 10.3 Å². The van der Waals surface area contributed by atoms with Crippen LogP contribution in [-0.4, -0.2) is 28.8 Å². The lowest BCUT2D eigenvalue weighted by molar-refractivity contribution is 0.715. The third-order valence-corrected chi connectivity index (χ3v) is 3.08. The Bertz CT molecular complexity index is 428. The van der Waals surface area contributed by atoms with Gasteiger partial charge in [-0.3, -0.25) is 4.79 Å². The Labute approximate surface area is 106 Å². The van der Waals surface area contributed by atoms with E-state index in [-0.39, 0.29) is 5.56 Å². The van der Waals surface area contributed by atoms with E-state index < -0.39 is 0 Å². The van der Waals surface area contributed by atoms with Gasteiger partial charge >= 0.3 is 0 Å².